The summed E-state index contributed by atoms with van der Waals surface area (Å²) in [4.78, 5) is 0. The van der Waals surface area contributed by atoms with Gasteiger partial charge in [-0.3, -0.25) is 0 Å². The third kappa shape index (κ3) is 2.26. The molecule has 1 aliphatic carbocycles. The summed E-state index contributed by atoms with van der Waals surface area (Å²) in [6, 6.07) is 1.99. The molecule has 1 N–H and O–H groups in total. The molecular weight excluding hydrogens is 214 g/mol. The molecule has 2 aliphatic rings. The van der Waals surface area contributed by atoms with Gasteiger partial charge in [0.1, 0.15) is 0 Å². The van der Waals surface area contributed by atoms with Crippen LogP contribution in [0.5, 0.6) is 0 Å². The molecule has 3 nitrogen and oxygen atoms in total. The van der Waals surface area contributed by atoms with Crippen molar-refractivity contribution in [1.29, 1.82) is 0 Å². The maximum Gasteiger partial charge on any atom is 0.0981 e. The van der Waals surface area contributed by atoms with Crippen LogP contribution in [-0.2, 0) is 4.74 Å². The number of nitrogens with one attached hydrogen (secondary N) is 1. The van der Waals surface area contributed by atoms with Crippen LogP contribution < -0.4 is 5.32 Å². The number of hydrogen-bond donors (Lipinski definition) is 1. The molecule has 0 amide bonds. The number of hydrogen-bond acceptors (Lipinski definition) is 3. The van der Waals surface area contributed by atoms with Crippen LogP contribution in [0.15, 0.2) is 23.0 Å². The highest BCUT2D eigenvalue weighted by atomic mass is 16.5. The summed E-state index contributed by atoms with van der Waals surface area (Å²) in [6.45, 7) is 4.10. The summed E-state index contributed by atoms with van der Waals surface area (Å²) in [6.07, 6.45) is 8.87. The zero-order valence-corrected chi connectivity index (χ0v) is 10.4. The summed E-state index contributed by atoms with van der Waals surface area (Å²) in [7, 11) is 0. The van der Waals surface area contributed by atoms with Gasteiger partial charge < -0.3 is 14.5 Å². The Labute approximate surface area is 103 Å². The van der Waals surface area contributed by atoms with Crippen LogP contribution in [0.25, 0.3) is 0 Å². The van der Waals surface area contributed by atoms with Crippen molar-refractivity contribution in [3.8, 4) is 0 Å². The number of rotatable bonds is 1. The molecule has 0 aromatic carbocycles. The van der Waals surface area contributed by atoms with Gasteiger partial charge >= 0.3 is 0 Å². The van der Waals surface area contributed by atoms with Gasteiger partial charge in [0.2, 0.25) is 0 Å². The van der Waals surface area contributed by atoms with Gasteiger partial charge in [-0.15, -0.1) is 0 Å². The van der Waals surface area contributed by atoms with E-state index in [2.05, 4.69) is 12.2 Å². The van der Waals surface area contributed by atoms with Crippen molar-refractivity contribution in [3.63, 3.8) is 0 Å². The molecule has 1 saturated carbocycles. The summed E-state index contributed by atoms with van der Waals surface area (Å²) < 4.78 is 11.2. The Morgan fingerprint density at radius 1 is 1.47 bits per heavy atom. The number of morpholine rings is 1. The van der Waals surface area contributed by atoms with E-state index in [4.69, 9.17) is 9.15 Å². The molecule has 1 aromatic heterocycles. The van der Waals surface area contributed by atoms with Crippen LogP contribution in [0.3, 0.4) is 0 Å². The second kappa shape index (κ2) is 4.46. The van der Waals surface area contributed by atoms with Gasteiger partial charge in [-0.2, -0.15) is 0 Å². The lowest BCUT2D eigenvalue weighted by Crippen LogP contribution is -2.56. The second-order valence-electron chi connectivity index (χ2n) is 5.72. The fourth-order valence-electron chi connectivity index (χ4n) is 3.30. The first kappa shape index (κ1) is 11.3. The standard InChI is InChI=1S/C14H21NO2/c1-11-3-2-5-14(7-11)10-17-13(8-15-14)12-4-6-16-9-12/h4,6,9,11,13,15H,2-3,5,7-8,10H2,1H3. The average molecular weight is 235 g/mol. The monoisotopic (exact) mass is 235 g/mol. The van der Waals surface area contributed by atoms with Crippen molar-refractivity contribution in [3.05, 3.63) is 24.2 Å². The molecule has 94 valence electrons. The molecule has 2 fully saturated rings. The van der Waals surface area contributed by atoms with Crippen LogP contribution in [0.2, 0.25) is 0 Å². The van der Waals surface area contributed by atoms with Crippen LogP contribution in [-0.4, -0.2) is 18.7 Å². The quantitative estimate of drug-likeness (QED) is 0.812. The van der Waals surface area contributed by atoms with Crippen LogP contribution >= 0.6 is 0 Å². The molecule has 3 unspecified atom stereocenters. The molecule has 0 bridgehead atoms. The normalized spacial score (nSPS) is 38.4. The molecule has 3 heteroatoms. The third-order valence-electron chi connectivity index (χ3n) is 4.23. The number of furan rings is 1. The summed E-state index contributed by atoms with van der Waals surface area (Å²) in [5, 5.41) is 3.74. The first-order chi connectivity index (χ1) is 8.27. The highest BCUT2D eigenvalue weighted by molar-refractivity contribution is 5.12. The maximum absolute atomic E-state index is 6.04. The first-order valence-electron chi connectivity index (χ1n) is 6.66. The van der Waals surface area contributed by atoms with Gasteiger partial charge in [-0.05, 0) is 24.8 Å². The predicted molar refractivity (Wildman–Crippen MR) is 65.8 cm³/mol. The molecular formula is C14H21NO2. The van der Waals surface area contributed by atoms with Crippen molar-refractivity contribution >= 4 is 0 Å². The smallest absolute Gasteiger partial charge is 0.0981 e. The fraction of sp³-hybridized carbons (Fsp3) is 0.714. The Morgan fingerprint density at radius 2 is 2.41 bits per heavy atom. The van der Waals surface area contributed by atoms with E-state index in [1.807, 2.05) is 6.07 Å². The van der Waals surface area contributed by atoms with E-state index in [0.29, 0.717) is 0 Å². The Kier molecular flexibility index (Phi) is 2.97. The lowest BCUT2D eigenvalue weighted by atomic mass is 9.76. The van der Waals surface area contributed by atoms with Crippen molar-refractivity contribution in [1.82, 2.24) is 5.32 Å². The second-order valence-corrected chi connectivity index (χ2v) is 5.72. The van der Waals surface area contributed by atoms with Gasteiger partial charge in [0, 0.05) is 17.6 Å². The van der Waals surface area contributed by atoms with Gasteiger partial charge in [0.25, 0.3) is 0 Å². The van der Waals surface area contributed by atoms with Gasteiger partial charge in [0.05, 0.1) is 25.2 Å². The summed E-state index contributed by atoms with van der Waals surface area (Å²) >= 11 is 0. The molecule has 1 aromatic rings. The zero-order valence-electron chi connectivity index (χ0n) is 10.4. The Balaban J connectivity index is 1.63. The molecule has 3 atom stereocenters. The van der Waals surface area contributed by atoms with Crippen molar-refractivity contribution in [2.24, 2.45) is 5.92 Å². The first-order valence-corrected chi connectivity index (χ1v) is 6.66. The van der Waals surface area contributed by atoms with Crippen molar-refractivity contribution < 1.29 is 9.15 Å². The summed E-state index contributed by atoms with van der Waals surface area (Å²) in [5.41, 5.74) is 1.40. The lowest BCUT2D eigenvalue weighted by Gasteiger charge is -2.45. The highest BCUT2D eigenvalue weighted by Crippen LogP contribution is 2.36. The molecule has 3 rings (SSSR count). The van der Waals surface area contributed by atoms with Crippen LogP contribution in [0.1, 0.15) is 44.3 Å². The lowest BCUT2D eigenvalue weighted by molar-refractivity contribution is -0.0529. The van der Waals surface area contributed by atoms with Crippen molar-refractivity contribution in [2.45, 2.75) is 44.2 Å². The van der Waals surface area contributed by atoms with Gasteiger partial charge in [-0.1, -0.05) is 19.8 Å². The van der Waals surface area contributed by atoms with E-state index in [-0.39, 0.29) is 11.6 Å². The van der Waals surface area contributed by atoms with Gasteiger partial charge in [-0.25, -0.2) is 0 Å². The average Bonchev–Trinajstić information content (AvgIpc) is 2.83. The van der Waals surface area contributed by atoms with Crippen LogP contribution in [0, 0.1) is 5.92 Å². The molecule has 1 aliphatic heterocycles. The minimum atomic E-state index is 0.164. The predicted octanol–water partition coefficient (Wildman–Crippen LogP) is 2.89. The van der Waals surface area contributed by atoms with E-state index >= 15 is 0 Å². The summed E-state index contributed by atoms with van der Waals surface area (Å²) in [5.74, 6) is 0.824. The van der Waals surface area contributed by atoms with E-state index in [9.17, 15) is 0 Å². The van der Waals surface area contributed by atoms with Gasteiger partial charge in [0.15, 0.2) is 0 Å². The van der Waals surface area contributed by atoms with Crippen LogP contribution in [0.4, 0.5) is 0 Å². The maximum atomic E-state index is 6.04. The molecule has 0 radical (unpaired) electrons. The molecule has 1 spiro atoms. The van der Waals surface area contributed by atoms with Crippen molar-refractivity contribution in [2.75, 3.05) is 13.2 Å². The third-order valence-corrected chi connectivity index (χ3v) is 4.23. The Morgan fingerprint density at radius 3 is 3.06 bits per heavy atom. The minimum absolute atomic E-state index is 0.164. The van der Waals surface area contributed by atoms with E-state index in [1.165, 1.54) is 25.7 Å². The highest BCUT2D eigenvalue weighted by Gasteiger charge is 2.39. The van der Waals surface area contributed by atoms with E-state index in [1.54, 1.807) is 12.5 Å². The minimum Gasteiger partial charge on any atom is -0.472 e. The largest absolute Gasteiger partial charge is 0.472 e. The SMILES string of the molecule is CC1CCCC2(COC(c3ccoc3)CN2)C1. The molecule has 1 saturated heterocycles. The zero-order chi connectivity index (χ0) is 11.7. The number of ether oxygens (including phenoxy) is 1. The molecule has 2 heterocycles. The van der Waals surface area contributed by atoms with E-state index < -0.39 is 0 Å². The topological polar surface area (TPSA) is 34.4 Å². The molecule has 17 heavy (non-hydrogen) atoms. The Hall–Kier alpha value is -0.800. The fourth-order valence-corrected chi connectivity index (χ4v) is 3.30. The Bertz CT molecular complexity index is 352. The van der Waals surface area contributed by atoms with E-state index in [0.717, 1.165) is 24.6 Å².